The molecule has 0 bridgehead atoms. The van der Waals surface area contributed by atoms with Crippen LogP contribution >= 0.6 is 0 Å². The molecule has 2 atom stereocenters. The van der Waals surface area contributed by atoms with Gasteiger partial charge in [0.05, 0.1) is 12.9 Å². The van der Waals surface area contributed by atoms with E-state index in [0.29, 0.717) is 0 Å². The molecular weight excluding hydrogens is 178 g/mol. The average molecular weight is 195 g/mol. The Bertz CT molecular complexity index is 260. The van der Waals surface area contributed by atoms with Gasteiger partial charge in [0.25, 0.3) is 0 Å². The van der Waals surface area contributed by atoms with E-state index in [1.54, 1.807) is 6.26 Å². The zero-order valence-corrected chi connectivity index (χ0v) is 8.37. The van der Waals surface area contributed by atoms with Gasteiger partial charge in [-0.1, -0.05) is 0 Å². The molecule has 1 aliphatic heterocycles. The van der Waals surface area contributed by atoms with Crippen molar-refractivity contribution in [3.8, 4) is 0 Å². The smallest absolute Gasteiger partial charge is 0.165 e. The van der Waals surface area contributed by atoms with Gasteiger partial charge in [0.2, 0.25) is 0 Å². The highest BCUT2D eigenvalue weighted by Gasteiger charge is 2.30. The maximum absolute atomic E-state index is 11.9. The van der Waals surface area contributed by atoms with Gasteiger partial charge >= 0.3 is 0 Å². The van der Waals surface area contributed by atoms with Crippen molar-refractivity contribution < 1.29 is 9.53 Å². The molecule has 1 fully saturated rings. The van der Waals surface area contributed by atoms with Gasteiger partial charge in [-0.3, -0.25) is 4.79 Å². The van der Waals surface area contributed by atoms with E-state index >= 15 is 0 Å². The third-order valence-electron chi connectivity index (χ3n) is 3.09. The summed E-state index contributed by atoms with van der Waals surface area (Å²) in [7, 11) is 0. The van der Waals surface area contributed by atoms with Gasteiger partial charge < -0.3 is 10.5 Å². The van der Waals surface area contributed by atoms with Crippen LogP contribution < -0.4 is 5.73 Å². The first-order valence-electron chi connectivity index (χ1n) is 5.38. The molecule has 78 valence electrons. The number of hydrogen-bond acceptors (Lipinski definition) is 3. The fourth-order valence-corrected chi connectivity index (χ4v) is 2.26. The quantitative estimate of drug-likeness (QED) is 0.724. The Morgan fingerprint density at radius 3 is 2.93 bits per heavy atom. The highest BCUT2D eigenvalue weighted by atomic mass is 16.5. The monoisotopic (exact) mass is 195 g/mol. The zero-order valence-electron chi connectivity index (χ0n) is 8.37. The van der Waals surface area contributed by atoms with Crippen molar-refractivity contribution in [3.05, 3.63) is 11.8 Å². The van der Waals surface area contributed by atoms with Crippen molar-refractivity contribution >= 4 is 5.78 Å². The van der Waals surface area contributed by atoms with Crippen molar-refractivity contribution in [1.29, 1.82) is 0 Å². The van der Waals surface area contributed by atoms with Gasteiger partial charge in [-0.25, -0.2) is 0 Å². The van der Waals surface area contributed by atoms with Crippen LogP contribution in [0.15, 0.2) is 11.8 Å². The Labute approximate surface area is 84.3 Å². The molecule has 2 unspecified atom stereocenters. The minimum Gasteiger partial charge on any atom is -0.501 e. The third kappa shape index (κ3) is 1.98. The molecule has 1 heterocycles. The number of nitrogens with two attached hydrogens (primary N) is 1. The second-order valence-electron chi connectivity index (χ2n) is 4.25. The maximum atomic E-state index is 11.9. The Hall–Kier alpha value is -0.830. The molecular formula is C11H17NO2. The van der Waals surface area contributed by atoms with Crippen LogP contribution in [0.4, 0.5) is 0 Å². The number of ketones is 1. The molecule has 2 N–H and O–H groups in total. The lowest BCUT2D eigenvalue weighted by Crippen LogP contribution is -2.20. The van der Waals surface area contributed by atoms with Gasteiger partial charge in [0, 0.05) is 17.5 Å². The van der Waals surface area contributed by atoms with E-state index in [1.165, 1.54) is 0 Å². The summed E-state index contributed by atoms with van der Waals surface area (Å²) < 4.78 is 5.18. The van der Waals surface area contributed by atoms with E-state index in [1.807, 2.05) is 0 Å². The third-order valence-corrected chi connectivity index (χ3v) is 3.09. The summed E-state index contributed by atoms with van der Waals surface area (Å²) in [6.45, 7) is 0.751. The minimum absolute atomic E-state index is 0.165. The summed E-state index contributed by atoms with van der Waals surface area (Å²) in [6.07, 6.45) is 6.30. The Balaban J connectivity index is 1.97. The minimum atomic E-state index is 0.165. The van der Waals surface area contributed by atoms with E-state index in [4.69, 9.17) is 10.5 Å². The molecule has 1 saturated carbocycles. The zero-order chi connectivity index (χ0) is 9.97. The predicted molar refractivity (Wildman–Crippen MR) is 53.6 cm³/mol. The highest BCUT2D eigenvalue weighted by molar-refractivity contribution is 5.97. The van der Waals surface area contributed by atoms with E-state index < -0.39 is 0 Å². The summed E-state index contributed by atoms with van der Waals surface area (Å²) in [6, 6.07) is 0.231. The first kappa shape index (κ1) is 9.71. The fourth-order valence-electron chi connectivity index (χ4n) is 2.26. The predicted octanol–water partition coefficient (Wildman–Crippen LogP) is 1.38. The molecule has 0 radical (unpaired) electrons. The average Bonchev–Trinajstić information content (AvgIpc) is 2.65. The molecule has 3 heteroatoms. The SMILES string of the molecule is NC1CCC(C(=O)C2=COCCC2)C1. The number of hydrogen-bond donors (Lipinski definition) is 1. The Morgan fingerprint density at radius 2 is 2.36 bits per heavy atom. The standard InChI is InChI=1S/C11H17NO2/c12-10-4-3-8(6-10)11(13)9-2-1-5-14-7-9/h7-8,10H,1-6,12H2. The molecule has 0 aromatic rings. The lowest BCUT2D eigenvalue weighted by atomic mass is 9.93. The molecule has 0 spiro atoms. The highest BCUT2D eigenvalue weighted by Crippen LogP contribution is 2.29. The molecule has 2 aliphatic rings. The molecule has 14 heavy (non-hydrogen) atoms. The van der Waals surface area contributed by atoms with Crippen LogP contribution in [-0.2, 0) is 9.53 Å². The normalized spacial score (nSPS) is 32.2. The summed E-state index contributed by atoms with van der Waals surface area (Å²) in [5.74, 6) is 0.440. The number of allylic oxidation sites excluding steroid dienone is 1. The van der Waals surface area contributed by atoms with Crippen LogP contribution in [0.5, 0.6) is 0 Å². The molecule has 1 aliphatic carbocycles. The lowest BCUT2D eigenvalue weighted by Gasteiger charge is -2.15. The van der Waals surface area contributed by atoms with Gasteiger partial charge in [-0.2, -0.15) is 0 Å². The molecule has 2 rings (SSSR count). The summed E-state index contributed by atoms with van der Waals surface area (Å²) in [5, 5.41) is 0. The largest absolute Gasteiger partial charge is 0.501 e. The van der Waals surface area contributed by atoms with Crippen molar-refractivity contribution in [2.75, 3.05) is 6.61 Å². The van der Waals surface area contributed by atoms with E-state index in [-0.39, 0.29) is 17.7 Å². The number of carbonyl (C=O) groups is 1. The van der Waals surface area contributed by atoms with Crippen LogP contribution in [0, 0.1) is 5.92 Å². The molecule has 0 saturated heterocycles. The second-order valence-corrected chi connectivity index (χ2v) is 4.25. The van der Waals surface area contributed by atoms with Crippen LogP contribution in [0.3, 0.4) is 0 Å². The van der Waals surface area contributed by atoms with Gasteiger partial charge in [0.15, 0.2) is 5.78 Å². The molecule has 0 aromatic carbocycles. The maximum Gasteiger partial charge on any atom is 0.165 e. The molecule has 0 amide bonds. The Kier molecular flexibility index (Phi) is 2.87. The second kappa shape index (κ2) is 4.13. The lowest BCUT2D eigenvalue weighted by molar-refractivity contribution is -0.119. The van der Waals surface area contributed by atoms with Crippen molar-refractivity contribution in [2.45, 2.75) is 38.1 Å². The van der Waals surface area contributed by atoms with Crippen LogP contribution in [0.1, 0.15) is 32.1 Å². The van der Waals surface area contributed by atoms with Crippen LogP contribution in [-0.4, -0.2) is 18.4 Å². The first-order valence-corrected chi connectivity index (χ1v) is 5.38. The van der Waals surface area contributed by atoms with Gasteiger partial charge in [-0.15, -0.1) is 0 Å². The van der Waals surface area contributed by atoms with Gasteiger partial charge in [0.1, 0.15) is 0 Å². The summed E-state index contributed by atoms with van der Waals surface area (Å²) in [5.41, 5.74) is 6.66. The van der Waals surface area contributed by atoms with Crippen molar-refractivity contribution in [1.82, 2.24) is 0 Å². The fraction of sp³-hybridized carbons (Fsp3) is 0.727. The van der Waals surface area contributed by atoms with E-state index in [0.717, 1.165) is 44.3 Å². The Morgan fingerprint density at radius 1 is 1.50 bits per heavy atom. The van der Waals surface area contributed by atoms with Gasteiger partial charge in [-0.05, 0) is 32.1 Å². The first-order chi connectivity index (χ1) is 6.77. The number of ether oxygens (including phenoxy) is 1. The molecule has 3 nitrogen and oxygen atoms in total. The number of carbonyl (C=O) groups excluding carboxylic acids is 1. The van der Waals surface area contributed by atoms with E-state index in [2.05, 4.69) is 0 Å². The summed E-state index contributed by atoms with van der Waals surface area (Å²) in [4.78, 5) is 11.9. The van der Waals surface area contributed by atoms with Crippen LogP contribution in [0.2, 0.25) is 0 Å². The molecule has 0 aromatic heterocycles. The van der Waals surface area contributed by atoms with E-state index in [9.17, 15) is 4.79 Å². The van der Waals surface area contributed by atoms with Crippen molar-refractivity contribution in [3.63, 3.8) is 0 Å². The van der Waals surface area contributed by atoms with Crippen LogP contribution in [0.25, 0.3) is 0 Å². The number of Topliss-reactive ketones (excluding diaryl/α,β-unsaturated/α-hetero) is 1. The summed E-state index contributed by atoms with van der Waals surface area (Å²) >= 11 is 0. The number of rotatable bonds is 2. The van der Waals surface area contributed by atoms with Crippen molar-refractivity contribution in [2.24, 2.45) is 11.7 Å². The topological polar surface area (TPSA) is 52.3 Å².